The summed E-state index contributed by atoms with van der Waals surface area (Å²) in [5.41, 5.74) is 5.37. The summed E-state index contributed by atoms with van der Waals surface area (Å²) in [4.78, 5) is 0. The highest BCUT2D eigenvalue weighted by molar-refractivity contribution is 7.75. The Morgan fingerprint density at radius 1 is 1.40 bits per heavy atom. The summed E-state index contributed by atoms with van der Waals surface area (Å²) < 4.78 is 4.98. The molecule has 0 unspecified atom stereocenters. The van der Waals surface area contributed by atoms with Crippen molar-refractivity contribution in [2.24, 2.45) is 0 Å². The monoisotopic (exact) mass is 280 g/mol. The van der Waals surface area contributed by atoms with Crippen LogP contribution < -0.4 is 0 Å². The summed E-state index contributed by atoms with van der Waals surface area (Å²) in [5, 5.41) is 0. The summed E-state index contributed by atoms with van der Waals surface area (Å²) >= 11 is 3.84. The van der Waals surface area contributed by atoms with E-state index in [-0.39, 0.29) is 0 Å². The molecule has 2 rings (SSSR count). The van der Waals surface area contributed by atoms with Crippen molar-refractivity contribution in [1.82, 2.24) is 0 Å². The molecule has 0 radical (unpaired) electrons. The number of hydrogen-bond acceptors (Lipinski definition) is 2. The van der Waals surface area contributed by atoms with Gasteiger partial charge in [0.15, 0.2) is 0 Å². The third-order valence-corrected chi connectivity index (χ3v) is 3.34. The van der Waals surface area contributed by atoms with E-state index in [1.807, 2.05) is 37.3 Å². The SMILES string of the molecule is C=C/C=C\C(C#Cc1c(C)ccc2c1C=C2OS)=C/C. The zero-order valence-electron chi connectivity index (χ0n) is 11.6. The molecule has 1 aliphatic rings. The molecule has 1 aromatic carbocycles. The van der Waals surface area contributed by atoms with E-state index in [4.69, 9.17) is 4.18 Å². The quantitative estimate of drug-likeness (QED) is 0.365. The molecule has 1 aliphatic carbocycles. The van der Waals surface area contributed by atoms with Crippen LogP contribution in [0.2, 0.25) is 0 Å². The van der Waals surface area contributed by atoms with Crippen molar-refractivity contribution in [2.45, 2.75) is 13.8 Å². The van der Waals surface area contributed by atoms with E-state index >= 15 is 0 Å². The number of thiol groups is 1. The molecule has 0 amide bonds. The Balaban J connectivity index is 2.37. The van der Waals surface area contributed by atoms with Crippen molar-refractivity contribution < 1.29 is 4.18 Å². The Kier molecular flexibility index (Phi) is 4.55. The minimum Gasteiger partial charge on any atom is -0.428 e. The molecule has 0 bridgehead atoms. The van der Waals surface area contributed by atoms with E-state index in [9.17, 15) is 0 Å². The summed E-state index contributed by atoms with van der Waals surface area (Å²) in [6.45, 7) is 7.70. The first-order chi connectivity index (χ1) is 9.71. The second kappa shape index (κ2) is 6.36. The molecule has 0 atom stereocenters. The first-order valence-corrected chi connectivity index (χ1v) is 6.72. The van der Waals surface area contributed by atoms with Crippen molar-refractivity contribution in [2.75, 3.05) is 0 Å². The Hall–Kier alpha value is -2.11. The van der Waals surface area contributed by atoms with Crippen LogP contribution in [0.3, 0.4) is 0 Å². The maximum Gasteiger partial charge on any atom is 0.145 e. The Labute approximate surface area is 126 Å². The van der Waals surface area contributed by atoms with Crippen LogP contribution in [0.4, 0.5) is 0 Å². The van der Waals surface area contributed by atoms with Gasteiger partial charge in [0.05, 0.1) is 0 Å². The average molecular weight is 280 g/mol. The Morgan fingerprint density at radius 3 is 2.85 bits per heavy atom. The minimum absolute atomic E-state index is 0.796. The summed E-state index contributed by atoms with van der Waals surface area (Å²) in [6.07, 6.45) is 9.52. The third kappa shape index (κ3) is 2.74. The van der Waals surface area contributed by atoms with E-state index < -0.39 is 0 Å². The standard InChI is InChI=1S/C18H16OS/c1-4-6-7-14(5-2)9-11-15-13(3)8-10-16-17(15)12-18(16)19-20/h4-8,10,12,20H,1H2,2-3H3/b7-6-,14-5+. The third-order valence-electron chi connectivity index (χ3n) is 3.15. The predicted octanol–water partition coefficient (Wildman–Crippen LogP) is 4.71. The molecule has 0 saturated carbocycles. The van der Waals surface area contributed by atoms with E-state index in [1.165, 1.54) is 0 Å². The van der Waals surface area contributed by atoms with E-state index in [0.29, 0.717) is 0 Å². The maximum atomic E-state index is 4.98. The van der Waals surface area contributed by atoms with Gasteiger partial charge in [-0.15, -0.1) is 0 Å². The van der Waals surface area contributed by atoms with Crippen LogP contribution in [0.15, 0.2) is 48.6 Å². The molecule has 1 nitrogen and oxygen atoms in total. The molecule has 0 aromatic heterocycles. The number of benzene rings is 1. The van der Waals surface area contributed by atoms with E-state index in [2.05, 4.69) is 44.3 Å². The van der Waals surface area contributed by atoms with Crippen molar-refractivity contribution >= 4 is 24.7 Å². The molecule has 0 fully saturated rings. The number of rotatable bonds is 3. The van der Waals surface area contributed by atoms with E-state index in [0.717, 1.165) is 33.6 Å². The van der Waals surface area contributed by atoms with Crippen molar-refractivity contribution in [3.8, 4) is 11.8 Å². The minimum atomic E-state index is 0.796. The number of allylic oxidation sites excluding steroid dienone is 5. The molecule has 2 heteroatoms. The van der Waals surface area contributed by atoms with Gasteiger partial charge in [0.25, 0.3) is 0 Å². The van der Waals surface area contributed by atoms with Crippen molar-refractivity contribution in [3.05, 3.63) is 70.8 Å². The number of aryl methyl sites for hydroxylation is 1. The Morgan fingerprint density at radius 2 is 2.20 bits per heavy atom. The number of hydrogen-bond donors (Lipinski definition) is 1. The van der Waals surface area contributed by atoms with Crippen LogP contribution in [0.5, 0.6) is 0 Å². The van der Waals surface area contributed by atoms with Gasteiger partial charge in [-0.1, -0.05) is 48.8 Å². The highest BCUT2D eigenvalue weighted by atomic mass is 32.1. The second-order valence-electron chi connectivity index (χ2n) is 4.41. The molecular weight excluding hydrogens is 264 g/mol. The normalized spacial score (nSPS) is 12.9. The lowest BCUT2D eigenvalue weighted by Crippen LogP contribution is -2.03. The second-order valence-corrected chi connectivity index (χ2v) is 4.59. The zero-order valence-corrected chi connectivity index (χ0v) is 12.5. The molecule has 0 N–H and O–H groups in total. The lowest BCUT2D eigenvalue weighted by atomic mass is 9.88. The molecule has 20 heavy (non-hydrogen) atoms. The molecule has 0 saturated heterocycles. The zero-order chi connectivity index (χ0) is 14.5. The van der Waals surface area contributed by atoms with Crippen LogP contribution in [0, 0.1) is 18.8 Å². The van der Waals surface area contributed by atoms with Crippen LogP contribution in [0.1, 0.15) is 29.2 Å². The van der Waals surface area contributed by atoms with Crippen molar-refractivity contribution in [3.63, 3.8) is 0 Å². The van der Waals surface area contributed by atoms with Crippen LogP contribution in [-0.2, 0) is 4.18 Å². The van der Waals surface area contributed by atoms with Gasteiger partial charge < -0.3 is 4.18 Å². The first kappa shape index (κ1) is 14.3. The van der Waals surface area contributed by atoms with Gasteiger partial charge in [-0.2, -0.15) is 0 Å². The summed E-state index contributed by atoms with van der Waals surface area (Å²) in [7, 11) is 0. The first-order valence-electron chi connectivity index (χ1n) is 6.35. The topological polar surface area (TPSA) is 9.23 Å². The van der Waals surface area contributed by atoms with Gasteiger partial charge >= 0.3 is 0 Å². The molecule has 0 aliphatic heterocycles. The molecule has 1 aromatic rings. The molecular formula is C18H16OS. The lowest BCUT2D eigenvalue weighted by Gasteiger charge is -2.20. The Bertz CT molecular complexity index is 694. The van der Waals surface area contributed by atoms with Gasteiger partial charge in [-0.05, 0) is 31.6 Å². The average Bonchev–Trinajstić information content (AvgIpc) is 2.43. The molecule has 0 spiro atoms. The highest BCUT2D eigenvalue weighted by Gasteiger charge is 2.21. The maximum absolute atomic E-state index is 4.98. The fraction of sp³-hybridized carbons (Fsp3) is 0.111. The fourth-order valence-electron chi connectivity index (χ4n) is 1.98. The van der Waals surface area contributed by atoms with Gasteiger partial charge in [0.1, 0.15) is 5.76 Å². The van der Waals surface area contributed by atoms with Crippen LogP contribution >= 0.6 is 12.9 Å². The smallest absolute Gasteiger partial charge is 0.145 e. The van der Waals surface area contributed by atoms with Crippen molar-refractivity contribution in [1.29, 1.82) is 0 Å². The van der Waals surface area contributed by atoms with Crippen LogP contribution in [-0.4, -0.2) is 0 Å². The molecule has 100 valence electrons. The summed E-state index contributed by atoms with van der Waals surface area (Å²) in [6, 6.07) is 4.09. The number of fused-ring (bicyclic) bond motifs is 1. The van der Waals surface area contributed by atoms with Gasteiger partial charge in [0, 0.05) is 35.2 Å². The highest BCUT2D eigenvalue weighted by Crippen LogP contribution is 2.37. The van der Waals surface area contributed by atoms with Gasteiger partial charge in [-0.3, -0.25) is 0 Å². The predicted molar refractivity (Wildman–Crippen MR) is 89.1 cm³/mol. The van der Waals surface area contributed by atoms with Gasteiger partial charge in [-0.25, -0.2) is 0 Å². The largest absolute Gasteiger partial charge is 0.428 e. The summed E-state index contributed by atoms with van der Waals surface area (Å²) in [5.74, 6) is 7.23. The molecule has 0 heterocycles. The lowest BCUT2D eigenvalue weighted by molar-refractivity contribution is 0.614. The fourth-order valence-corrected chi connectivity index (χ4v) is 2.13. The van der Waals surface area contributed by atoms with Gasteiger partial charge in [0.2, 0.25) is 0 Å². The van der Waals surface area contributed by atoms with E-state index in [1.54, 1.807) is 6.08 Å². The van der Waals surface area contributed by atoms with Crippen LogP contribution in [0.25, 0.3) is 11.8 Å².